The Bertz CT molecular complexity index is 102. The van der Waals surface area contributed by atoms with Gasteiger partial charge in [0.05, 0.1) is 0 Å². The summed E-state index contributed by atoms with van der Waals surface area (Å²) in [5.41, 5.74) is 10.8. The number of thiocarbonyl (C=S) groups is 1. The summed E-state index contributed by atoms with van der Waals surface area (Å²) in [6.07, 6.45) is -0.468. The van der Waals surface area contributed by atoms with E-state index in [4.69, 9.17) is 23.7 Å². The van der Waals surface area contributed by atoms with Gasteiger partial charge in [0.2, 0.25) is 0 Å². The summed E-state index contributed by atoms with van der Waals surface area (Å²) in [6.45, 7) is 0. The van der Waals surface area contributed by atoms with Crippen molar-refractivity contribution in [1.29, 1.82) is 0 Å². The second-order valence-electron chi connectivity index (χ2n) is 1.67. The molecule has 2 atom stereocenters. The first kappa shape index (κ1) is 5.74. The molecule has 1 aliphatic rings. The fourth-order valence-corrected chi connectivity index (χ4v) is 0.796. The molecule has 1 rings (SSSR count). The molecule has 46 valence electrons. The standard InChI is InChI=1S/C3H8N4S/c4-1-2(5)7-3(8)6-1/h1-2H,4-5H2,(H2,6,7,8). The molecule has 0 aromatic carbocycles. The smallest absolute Gasteiger partial charge is 0.168 e. The first-order valence-corrected chi connectivity index (χ1v) is 2.69. The monoisotopic (exact) mass is 132 g/mol. The fraction of sp³-hybridized carbons (Fsp3) is 0.667. The average Bonchev–Trinajstić information content (AvgIpc) is 1.85. The van der Waals surface area contributed by atoms with Crippen molar-refractivity contribution < 1.29 is 0 Å². The van der Waals surface area contributed by atoms with Gasteiger partial charge in [0.1, 0.15) is 12.3 Å². The molecule has 0 aliphatic carbocycles. The van der Waals surface area contributed by atoms with E-state index in [-0.39, 0.29) is 12.3 Å². The zero-order valence-corrected chi connectivity index (χ0v) is 5.03. The molecule has 1 saturated heterocycles. The zero-order valence-electron chi connectivity index (χ0n) is 4.22. The first-order chi connectivity index (χ1) is 3.70. The van der Waals surface area contributed by atoms with Crippen molar-refractivity contribution in [3.8, 4) is 0 Å². The van der Waals surface area contributed by atoms with Gasteiger partial charge in [0.25, 0.3) is 0 Å². The Morgan fingerprint density at radius 2 is 1.62 bits per heavy atom. The van der Waals surface area contributed by atoms with Crippen LogP contribution in [0.2, 0.25) is 0 Å². The number of hydrogen-bond donors (Lipinski definition) is 4. The van der Waals surface area contributed by atoms with Gasteiger partial charge in [-0.25, -0.2) is 0 Å². The molecule has 0 spiro atoms. The van der Waals surface area contributed by atoms with Gasteiger partial charge in [0, 0.05) is 0 Å². The number of nitrogens with one attached hydrogen (secondary N) is 2. The summed E-state index contributed by atoms with van der Waals surface area (Å²) in [4.78, 5) is 0. The van der Waals surface area contributed by atoms with Crippen LogP contribution in [-0.2, 0) is 0 Å². The lowest BCUT2D eigenvalue weighted by Crippen LogP contribution is -2.46. The lowest BCUT2D eigenvalue weighted by Gasteiger charge is -2.05. The normalized spacial score (nSPS) is 36.5. The lowest BCUT2D eigenvalue weighted by atomic mass is 10.4. The second kappa shape index (κ2) is 1.85. The predicted octanol–water partition coefficient (Wildman–Crippen LogP) is -1.97. The number of rotatable bonds is 0. The van der Waals surface area contributed by atoms with E-state index in [0.717, 1.165) is 0 Å². The molecule has 1 aliphatic heterocycles. The van der Waals surface area contributed by atoms with Crippen molar-refractivity contribution in [2.45, 2.75) is 12.3 Å². The summed E-state index contributed by atoms with van der Waals surface area (Å²) < 4.78 is 0. The second-order valence-corrected chi connectivity index (χ2v) is 2.08. The van der Waals surface area contributed by atoms with Crippen molar-refractivity contribution in [2.75, 3.05) is 0 Å². The molecule has 0 bridgehead atoms. The van der Waals surface area contributed by atoms with Crippen molar-refractivity contribution in [2.24, 2.45) is 11.5 Å². The molecule has 0 aromatic heterocycles. The van der Waals surface area contributed by atoms with Crippen LogP contribution in [0, 0.1) is 0 Å². The zero-order chi connectivity index (χ0) is 6.15. The highest BCUT2D eigenvalue weighted by molar-refractivity contribution is 7.80. The average molecular weight is 132 g/mol. The van der Waals surface area contributed by atoms with Gasteiger partial charge in [0.15, 0.2) is 5.11 Å². The summed E-state index contributed by atoms with van der Waals surface area (Å²) in [5, 5.41) is 6.01. The maximum absolute atomic E-state index is 5.38. The Morgan fingerprint density at radius 1 is 1.25 bits per heavy atom. The maximum Gasteiger partial charge on any atom is 0.168 e. The third-order valence-electron chi connectivity index (χ3n) is 0.982. The summed E-state index contributed by atoms with van der Waals surface area (Å²) in [5.74, 6) is 0. The van der Waals surface area contributed by atoms with Gasteiger partial charge >= 0.3 is 0 Å². The van der Waals surface area contributed by atoms with Gasteiger partial charge in [-0.15, -0.1) is 0 Å². The largest absolute Gasteiger partial charge is 0.344 e. The summed E-state index contributed by atoms with van der Waals surface area (Å²) in [6, 6.07) is 0. The molecule has 1 heterocycles. The van der Waals surface area contributed by atoms with E-state index in [1.54, 1.807) is 0 Å². The molecule has 8 heavy (non-hydrogen) atoms. The van der Waals surface area contributed by atoms with Gasteiger partial charge in [-0.2, -0.15) is 0 Å². The van der Waals surface area contributed by atoms with Crippen molar-refractivity contribution in [3.63, 3.8) is 0 Å². The van der Waals surface area contributed by atoms with Crippen LogP contribution >= 0.6 is 12.2 Å². The highest BCUT2D eigenvalue weighted by atomic mass is 32.1. The van der Waals surface area contributed by atoms with E-state index in [0.29, 0.717) is 5.11 Å². The Hall–Kier alpha value is -0.390. The molecule has 0 amide bonds. The van der Waals surface area contributed by atoms with Crippen LogP contribution in [-0.4, -0.2) is 17.4 Å². The van der Waals surface area contributed by atoms with E-state index in [9.17, 15) is 0 Å². The molecule has 5 heteroatoms. The molecule has 6 N–H and O–H groups in total. The Morgan fingerprint density at radius 3 is 1.75 bits per heavy atom. The third-order valence-corrected chi connectivity index (χ3v) is 1.22. The van der Waals surface area contributed by atoms with Crippen LogP contribution in [0.3, 0.4) is 0 Å². The van der Waals surface area contributed by atoms with Gasteiger partial charge < -0.3 is 22.1 Å². The maximum atomic E-state index is 5.38. The van der Waals surface area contributed by atoms with Crippen molar-refractivity contribution >= 4 is 17.3 Å². The number of hydrogen-bond acceptors (Lipinski definition) is 3. The van der Waals surface area contributed by atoms with E-state index in [2.05, 4.69) is 10.6 Å². The van der Waals surface area contributed by atoms with Crippen LogP contribution in [0.5, 0.6) is 0 Å². The highest BCUT2D eigenvalue weighted by Gasteiger charge is 2.21. The minimum Gasteiger partial charge on any atom is -0.344 e. The first-order valence-electron chi connectivity index (χ1n) is 2.28. The molecule has 0 saturated carbocycles. The lowest BCUT2D eigenvalue weighted by molar-refractivity contribution is 0.540. The summed E-state index contributed by atoms with van der Waals surface area (Å²) in [7, 11) is 0. The van der Waals surface area contributed by atoms with Crippen LogP contribution in [0.25, 0.3) is 0 Å². The van der Waals surface area contributed by atoms with Crippen LogP contribution in [0.15, 0.2) is 0 Å². The minimum atomic E-state index is -0.234. The van der Waals surface area contributed by atoms with E-state index < -0.39 is 0 Å². The SMILES string of the molecule is NC1NC(=S)NC1N. The van der Waals surface area contributed by atoms with Crippen LogP contribution < -0.4 is 22.1 Å². The number of nitrogens with two attached hydrogens (primary N) is 2. The third kappa shape index (κ3) is 0.885. The van der Waals surface area contributed by atoms with Crippen molar-refractivity contribution in [3.05, 3.63) is 0 Å². The van der Waals surface area contributed by atoms with Crippen molar-refractivity contribution in [1.82, 2.24) is 10.6 Å². The minimum absolute atomic E-state index is 0.234. The molecule has 4 nitrogen and oxygen atoms in total. The molecule has 1 fully saturated rings. The van der Waals surface area contributed by atoms with E-state index in [1.807, 2.05) is 0 Å². The van der Waals surface area contributed by atoms with E-state index >= 15 is 0 Å². The Balaban J connectivity index is 2.51. The van der Waals surface area contributed by atoms with Gasteiger partial charge in [-0.1, -0.05) is 0 Å². The van der Waals surface area contributed by atoms with Crippen LogP contribution in [0.1, 0.15) is 0 Å². The molecule has 2 unspecified atom stereocenters. The molecule has 0 aromatic rings. The highest BCUT2D eigenvalue weighted by Crippen LogP contribution is 1.86. The van der Waals surface area contributed by atoms with Gasteiger partial charge in [-0.05, 0) is 12.2 Å². The summed E-state index contributed by atoms with van der Waals surface area (Å²) >= 11 is 4.69. The fourth-order valence-electron chi connectivity index (χ4n) is 0.524. The topological polar surface area (TPSA) is 76.1 Å². The Labute approximate surface area is 52.6 Å². The predicted molar refractivity (Wildman–Crippen MR) is 34.8 cm³/mol. The molecular formula is C3H8N4S. The molecular weight excluding hydrogens is 124 g/mol. The van der Waals surface area contributed by atoms with Gasteiger partial charge in [-0.3, -0.25) is 0 Å². The quantitative estimate of drug-likeness (QED) is 0.288. The van der Waals surface area contributed by atoms with Crippen LogP contribution in [0.4, 0.5) is 0 Å². The van der Waals surface area contributed by atoms with E-state index in [1.165, 1.54) is 0 Å². The molecule has 0 radical (unpaired) electrons. The Kier molecular flexibility index (Phi) is 1.33.